The van der Waals surface area contributed by atoms with Crippen LogP contribution in [0.1, 0.15) is 11.1 Å². The Morgan fingerprint density at radius 2 is 1.44 bits per heavy atom. The molecule has 6 nitrogen and oxygen atoms in total. The van der Waals surface area contributed by atoms with Crippen molar-refractivity contribution >= 4 is 21.6 Å². The van der Waals surface area contributed by atoms with Gasteiger partial charge in [-0.05, 0) is 42.2 Å². The van der Waals surface area contributed by atoms with Crippen LogP contribution in [0.4, 0.5) is 0 Å². The van der Waals surface area contributed by atoms with Gasteiger partial charge in [0.05, 0.1) is 27.4 Å². The van der Waals surface area contributed by atoms with E-state index in [-0.39, 0.29) is 0 Å². The van der Waals surface area contributed by atoms with Crippen molar-refractivity contribution in [1.29, 1.82) is 0 Å². The molecule has 0 saturated heterocycles. The molecule has 5 aromatic rings. The minimum atomic E-state index is -4.94. The van der Waals surface area contributed by atoms with E-state index in [2.05, 4.69) is 78.9 Å². The van der Waals surface area contributed by atoms with Crippen LogP contribution < -0.4 is 18.6 Å². The van der Waals surface area contributed by atoms with Crippen molar-refractivity contribution in [3.63, 3.8) is 0 Å². The molecule has 0 amide bonds. The molecule has 1 aliphatic carbocycles. The Bertz CT molecular complexity index is 1410. The van der Waals surface area contributed by atoms with Gasteiger partial charge >= 0.3 is 11.5 Å². The van der Waals surface area contributed by atoms with Gasteiger partial charge in [-0.25, -0.2) is 28.0 Å². The van der Waals surface area contributed by atoms with Crippen LogP contribution in [0.15, 0.2) is 89.3 Å². The Morgan fingerprint density at radius 3 is 2.21 bits per heavy atom. The van der Waals surface area contributed by atoms with Crippen LogP contribution >= 0.6 is 11.3 Å². The second-order valence-electron chi connectivity index (χ2n) is 7.72. The zero-order valence-corrected chi connectivity index (χ0v) is 19.3. The number of thiazole rings is 1. The molecule has 8 heteroatoms. The van der Waals surface area contributed by atoms with E-state index in [1.165, 1.54) is 32.5 Å². The van der Waals surface area contributed by atoms with E-state index in [4.69, 9.17) is 28.0 Å². The van der Waals surface area contributed by atoms with E-state index in [0.717, 1.165) is 34.9 Å². The Morgan fingerprint density at radius 1 is 0.765 bits per heavy atom. The Labute approximate surface area is 201 Å². The summed E-state index contributed by atoms with van der Waals surface area (Å²) in [7, 11) is -4.94. The third kappa shape index (κ3) is 4.85. The molecule has 2 aromatic heterocycles. The number of halogens is 1. The molecule has 0 saturated carbocycles. The van der Waals surface area contributed by atoms with Crippen LogP contribution in [0.25, 0.3) is 43.4 Å². The second kappa shape index (κ2) is 9.23. The summed E-state index contributed by atoms with van der Waals surface area (Å²) in [6.45, 7) is 0. The normalized spacial score (nSPS) is 12.5. The number of benzene rings is 3. The van der Waals surface area contributed by atoms with Crippen LogP contribution in [0.3, 0.4) is 0 Å². The van der Waals surface area contributed by atoms with Crippen molar-refractivity contribution in [2.45, 2.75) is 12.8 Å². The molecule has 0 aliphatic heterocycles. The highest BCUT2D eigenvalue weighted by Gasteiger charge is 2.32. The fourth-order valence-corrected chi connectivity index (χ4v) is 5.10. The molecule has 0 N–H and O–H groups in total. The molecule has 0 bridgehead atoms. The van der Waals surface area contributed by atoms with Gasteiger partial charge < -0.3 is 0 Å². The van der Waals surface area contributed by atoms with Crippen LogP contribution in [-0.2, 0) is 12.8 Å². The van der Waals surface area contributed by atoms with E-state index >= 15 is 0 Å². The van der Waals surface area contributed by atoms with Gasteiger partial charge in [0.1, 0.15) is 0 Å². The van der Waals surface area contributed by atoms with E-state index in [9.17, 15) is 0 Å². The lowest BCUT2D eigenvalue weighted by molar-refractivity contribution is -2.00. The van der Waals surface area contributed by atoms with Gasteiger partial charge in [0.2, 0.25) is 5.01 Å². The largest absolute Gasteiger partial charge is 0.389 e. The monoisotopic (exact) mass is 491 g/mol. The summed E-state index contributed by atoms with van der Waals surface area (Å²) in [5, 5.41) is 0.925. The lowest BCUT2D eigenvalue weighted by Crippen LogP contribution is -2.68. The van der Waals surface area contributed by atoms with Crippen LogP contribution in [0, 0.1) is 10.2 Å². The predicted octanol–water partition coefficient (Wildman–Crippen LogP) is 2.51. The molecular formula is C26H18ClNO5S. The molecule has 0 spiro atoms. The third-order valence-corrected chi connectivity index (χ3v) is 6.63. The Hall–Kier alpha value is -3.17. The molecule has 0 unspecified atom stereocenters. The minimum absolute atomic E-state index is 0.834. The standard InChI is InChI=1S/C26H18NOS.ClHO4/c1-2-8-17(9-3-1)21-16-23(26-27-22-12-6-7-13-24(22)29-26)28-25-19-11-5-4-10-18(19)14-15-20(21)25;2-1(3,4)5/h1-13,16H,14-15H2;(H,2,3,4,5)/q+1;/p-1. The molecule has 0 atom stereocenters. The maximum atomic E-state index is 8.49. The average Bonchev–Trinajstić information content (AvgIpc) is 3.27. The van der Waals surface area contributed by atoms with E-state index in [1.54, 1.807) is 11.3 Å². The minimum Gasteiger partial charge on any atom is -0.228 e. The van der Waals surface area contributed by atoms with Crippen LogP contribution in [0.5, 0.6) is 0 Å². The molecular weight excluding hydrogens is 474 g/mol. The number of para-hydroxylation sites is 1. The fourth-order valence-electron chi connectivity index (χ4n) is 4.19. The summed E-state index contributed by atoms with van der Waals surface area (Å²) in [6.07, 6.45) is 2.03. The Kier molecular flexibility index (Phi) is 6.14. The Balaban J connectivity index is 0.000000439. The van der Waals surface area contributed by atoms with Gasteiger partial charge in [0.15, 0.2) is 0 Å². The lowest BCUT2D eigenvalue weighted by atomic mass is 9.85. The summed E-state index contributed by atoms with van der Waals surface area (Å²) in [5.41, 5.74) is 7.33. The predicted molar refractivity (Wildman–Crippen MR) is 120 cm³/mol. The van der Waals surface area contributed by atoms with Crippen molar-refractivity contribution < 1.29 is 33.3 Å². The van der Waals surface area contributed by atoms with Crippen molar-refractivity contribution in [2.24, 2.45) is 0 Å². The highest BCUT2D eigenvalue weighted by atomic mass is 35.7. The molecule has 0 radical (unpaired) electrons. The zero-order chi connectivity index (χ0) is 23.7. The van der Waals surface area contributed by atoms with Gasteiger partial charge in [-0.3, -0.25) is 0 Å². The molecule has 3 aromatic carbocycles. The van der Waals surface area contributed by atoms with Crippen molar-refractivity contribution in [2.75, 3.05) is 0 Å². The first kappa shape index (κ1) is 22.6. The topological polar surface area (TPSA) is 116 Å². The van der Waals surface area contributed by atoms with Gasteiger partial charge in [0.25, 0.3) is 0 Å². The quantitative estimate of drug-likeness (QED) is 0.350. The number of aromatic nitrogens is 1. The van der Waals surface area contributed by atoms with Gasteiger partial charge in [-0.15, -0.1) is 21.6 Å². The summed E-state index contributed by atoms with van der Waals surface area (Å²) in [4.78, 5) is 4.85. The van der Waals surface area contributed by atoms with E-state index in [1.807, 2.05) is 6.07 Å². The first-order chi connectivity index (χ1) is 16.4. The number of rotatable bonds is 2. The SMILES string of the molecule is [O-][Cl+3]([O-])([O-])[O-].c1ccc(-c2cc(-c3nc4ccccc4s3)[o+]c3c2CCc2ccccc2-3)cc1. The van der Waals surface area contributed by atoms with E-state index in [0.29, 0.717) is 0 Å². The van der Waals surface area contributed by atoms with Crippen LogP contribution in [-0.4, -0.2) is 4.98 Å². The third-order valence-electron chi connectivity index (χ3n) is 5.58. The highest BCUT2D eigenvalue weighted by Crippen LogP contribution is 2.43. The molecule has 34 heavy (non-hydrogen) atoms. The molecule has 6 rings (SSSR count). The maximum Gasteiger partial charge on any atom is 0.389 e. The number of aryl methyl sites for hydroxylation is 1. The summed E-state index contributed by atoms with van der Waals surface area (Å²) in [5.74, 6) is 1.82. The summed E-state index contributed by atoms with van der Waals surface area (Å²) < 4.78 is 41.7. The summed E-state index contributed by atoms with van der Waals surface area (Å²) in [6, 6.07) is 29.6. The van der Waals surface area contributed by atoms with Gasteiger partial charge in [0, 0.05) is 5.56 Å². The molecule has 0 fully saturated rings. The zero-order valence-electron chi connectivity index (χ0n) is 17.8. The molecule has 1 aliphatic rings. The number of fused-ring (bicyclic) bond motifs is 4. The van der Waals surface area contributed by atoms with Gasteiger partial charge in [-0.1, -0.05) is 60.7 Å². The van der Waals surface area contributed by atoms with Crippen LogP contribution in [0.2, 0.25) is 0 Å². The number of hydrogen-bond acceptors (Lipinski definition) is 6. The first-order valence-corrected chi connectivity index (χ1v) is 12.5. The number of nitrogens with zero attached hydrogens (tertiary/aromatic N) is 1. The number of hydrogen-bond donors (Lipinski definition) is 0. The van der Waals surface area contributed by atoms with Crippen molar-refractivity contribution in [3.8, 4) is 33.2 Å². The average molecular weight is 492 g/mol. The summed E-state index contributed by atoms with van der Waals surface area (Å²) >= 11 is 1.68. The second-order valence-corrected chi connectivity index (χ2v) is 9.51. The van der Waals surface area contributed by atoms with Crippen molar-refractivity contribution in [1.82, 2.24) is 4.98 Å². The maximum absolute atomic E-state index is 8.49. The smallest absolute Gasteiger partial charge is 0.228 e. The van der Waals surface area contributed by atoms with Gasteiger partial charge in [-0.2, -0.15) is 0 Å². The molecule has 170 valence electrons. The van der Waals surface area contributed by atoms with Crippen molar-refractivity contribution in [3.05, 3.63) is 96.1 Å². The lowest BCUT2D eigenvalue weighted by Gasteiger charge is -2.17. The fraction of sp³-hybridized carbons (Fsp3) is 0.0769. The molecule has 2 heterocycles. The first-order valence-electron chi connectivity index (χ1n) is 10.5. The highest BCUT2D eigenvalue weighted by molar-refractivity contribution is 7.21. The van der Waals surface area contributed by atoms with E-state index < -0.39 is 10.2 Å².